The van der Waals surface area contributed by atoms with Gasteiger partial charge in [-0.25, -0.2) is 13.2 Å². The zero-order valence-electron chi connectivity index (χ0n) is 23.0. The van der Waals surface area contributed by atoms with Gasteiger partial charge in [-0.2, -0.15) is 4.31 Å². The highest BCUT2D eigenvalue weighted by atomic mass is 32.2. The first-order chi connectivity index (χ1) is 19.5. The molecule has 4 rings (SSSR count). The van der Waals surface area contributed by atoms with Crippen molar-refractivity contribution in [3.8, 4) is 0 Å². The van der Waals surface area contributed by atoms with Gasteiger partial charge in [-0.3, -0.25) is 14.6 Å². The molecule has 11 nitrogen and oxygen atoms in total. The van der Waals surface area contributed by atoms with Gasteiger partial charge < -0.3 is 21.5 Å². The van der Waals surface area contributed by atoms with E-state index < -0.39 is 34.0 Å². The number of hydrogen-bond donors (Lipinski definition) is 4. The number of carboxylic acids is 1. The van der Waals surface area contributed by atoms with Crippen LogP contribution in [0, 0.1) is 5.92 Å². The van der Waals surface area contributed by atoms with E-state index in [1.54, 1.807) is 49.4 Å². The minimum Gasteiger partial charge on any atom is -0.480 e. The van der Waals surface area contributed by atoms with Crippen LogP contribution in [0.1, 0.15) is 51.0 Å². The number of hydrogen-bond acceptors (Lipinski definition) is 6. The molecule has 0 spiro atoms. The fourth-order valence-electron chi connectivity index (χ4n) is 5.44. The SMILES string of the molecule is CC(N)=NC1CCC(C(=O)Nc2ccc(C[C@H](NC(=O)[C@@H]3CCCN3S(=O)(=O)c3ccccc3)C(=O)O)cc2)CC1. The zero-order chi connectivity index (χ0) is 29.6. The number of carbonyl (C=O) groups excluding carboxylic acids is 2. The van der Waals surface area contributed by atoms with Gasteiger partial charge in [-0.05, 0) is 75.3 Å². The van der Waals surface area contributed by atoms with E-state index in [1.807, 2.05) is 0 Å². The highest BCUT2D eigenvalue weighted by molar-refractivity contribution is 7.89. The monoisotopic (exact) mass is 583 g/mol. The second-order valence-electron chi connectivity index (χ2n) is 10.7. The molecular weight excluding hydrogens is 546 g/mol. The Morgan fingerprint density at radius 2 is 1.66 bits per heavy atom. The van der Waals surface area contributed by atoms with Gasteiger partial charge in [0.1, 0.15) is 12.1 Å². The third-order valence-electron chi connectivity index (χ3n) is 7.59. The van der Waals surface area contributed by atoms with E-state index in [0.29, 0.717) is 29.9 Å². The summed E-state index contributed by atoms with van der Waals surface area (Å²) < 4.78 is 27.4. The molecule has 0 aromatic heterocycles. The number of nitrogens with two attached hydrogens (primary N) is 1. The first-order valence-corrected chi connectivity index (χ1v) is 15.3. The first kappa shape index (κ1) is 30.2. The van der Waals surface area contributed by atoms with Gasteiger partial charge in [0.15, 0.2) is 0 Å². The van der Waals surface area contributed by atoms with Crippen molar-refractivity contribution in [1.29, 1.82) is 0 Å². The van der Waals surface area contributed by atoms with Crippen LogP contribution in [0.25, 0.3) is 0 Å². The summed E-state index contributed by atoms with van der Waals surface area (Å²) in [5.74, 6) is -1.48. The minimum atomic E-state index is -3.90. The summed E-state index contributed by atoms with van der Waals surface area (Å²) in [6.07, 6.45) is 3.89. The van der Waals surface area contributed by atoms with E-state index >= 15 is 0 Å². The number of nitrogens with zero attached hydrogens (tertiary/aromatic N) is 2. The highest BCUT2D eigenvalue weighted by Gasteiger charge is 2.40. The maximum absolute atomic E-state index is 13.1. The van der Waals surface area contributed by atoms with Crippen molar-refractivity contribution in [2.75, 3.05) is 11.9 Å². The topological polar surface area (TPSA) is 171 Å². The number of carbonyl (C=O) groups is 3. The lowest BCUT2D eigenvalue weighted by Crippen LogP contribution is -2.51. The summed E-state index contributed by atoms with van der Waals surface area (Å²) in [7, 11) is -3.90. The Morgan fingerprint density at radius 1 is 1.00 bits per heavy atom. The molecule has 2 atom stereocenters. The molecule has 2 aliphatic rings. The molecule has 0 bridgehead atoms. The van der Waals surface area contributed by atoms with Crippen molar-refractivity contribution >= 4 is 39.3 Å². The maximum Gasteiger partial charge on any atom is 0.326 e. The largest absolute Gasteiger partial charge is 0.480 e. The zero-order valence-corrected chi connectivity index (χ0v) is 23.8. The first-order valence-electron chi connectivity index (χ1n) is 13.8. The van der Waals surface area contributed by atoms with Crippen LogP contribution in [-0.2, 0) is 30.8 Å². The molecule has 2 fully saturated rings. The second-order valence-corrected chi connectivity index (χ2v) is 12.5. The Morgan fingerprint density at radius 3 is 2.27 bits per heavy atom. The third-order valence-corrected chi connectivity index (χ3v) is 9.51. The second kappa shape index (κ2) is 13.3. The minimum absolute atomic E-state index is 0.00144. The van der Waals surface area contributed by atoms with Crippen LogP contribution in [0.3, 0.4) is 0 Å². The molecule has 2 aromatic rings. The van der Waals surface area contributed by atoms with E-state index in [9.17, 15) is 27.9 Å². The van der Waals surface area contributed by atoms with Crippen LogP contribution >= 0.6 is 0 Å². The Bertz CT molecular complexity index is 1370. The maximum atomic E-state index is 13.1. The number of sulfonamides is 1. The van der Waals surface area contributed by atoms with Crippen LogP contribution in [-0.4, -0.2) is 66.1 Å². The Hall–Kier alpha value is -3.77. The van der Waals surface area contributed by atoms with Crippen molar-refractivity contribution in [3.05, 3.63) is 60.2 Å². The van der Waals surface area contributed by atoms with Crippen LogP contribution in [0.15, 0.2) is 64.5 Å². The summed E-state index contributed by atoms with van der Waals surface area (Å²) in [5.41, 5.74) is 6.91. The van der Waals surface area contributed by atoms with Crippen LogP contribution in [0.5, 0.6) is 0 Å². The molecule has 41 heavy (non-hydrogen) atoms. The van der Waals surface area contributed by atoms with E-state index in [1.165, 1.54) is 12.1 Å². The van der Waals surface area contributed by atoms with E-state index in [-0.39, 0.29) is 35.7 Å². The molecule has 220 valence electrons. The van der Waals surface area contributed by atoms with Crippen LogP contribution in [0.2, 0.25) is 0 Å². The molecule has 2 amide bonds. The van der Waals surface area contributed by atoms with Crippen molar-refractivity contribution in [2.24, 2.45) is 16.6 Å². The predicted octanol–water partition coefficient (Wildman–Crippen LogP) is 2.53. The van der Waals surface area contributed by atoms with Gasteiger partial charge in [-0.15, -0.1) is 0 Å². The Balaban J connectivity index is 1.34. The Labute approximate surface area is 240 Å². The summed E-state index contributed by atoms with van der Waals surface area (Å²) in [6, 6.07) is 12.6. The average molecular weight is 584 g/mol. The lowest BCUT2D eigenvalue weighted by molar-refractivity contribution is -0.142. The number of carboxylic acid groups (broad SMARTS) is 1. The highest BCUT2D eigenvalue weighted by Crippen LogP contribution is 2.28. The van der Waals surface area contributed by atoms with Crippen molar-refractivity contribution in [1.82, 2.24) is 9.62 Å². The number of benzene rings is 2. The number of amidine groups is 1. The van der Waals surface area contributed by atoms with Gasteiger partial charge in [0.25, 0.3) is 0 Å². The average Bonchev–Trinajstić information content (AvgIpc) is 3.45. The lowest BCUT2D eigenvalue weighted by atomic mass is 9.85. The summed E-state index contributed by atoms with van der Waals surface area (Å²) in [6.45, 7) is 1.95. The molecular formula is C29H37N5O6S. The molecule has 1 aliphatic carbocycles. The van der Waals surface area contributed by atoms with Gasteiger partial charge >= 0.3 is 5.97 Å². The smallest absolute Gasteiger partial charge is 0.326 e. The van der Waals surface area contributed by atoms with E-state index in [2.05, 4.69) is 15.6 Å². The molecule has 2 aromatic carbocycles. The van der Waals surface area contributed by atoms with E-state index in [4.69, 9.17) is 5.73 Å². The van der Waals surface area contributed by atoms with Crippen molar-refractivity contribution in [3.63, 3.8) is 0 Å². The van der Waals surface area contributed by atoms with Gasteiger partial charge in [0.05, 0.1) is 16.8 Å². The fourth-order valence-corrected chi connectivity index (χ4v) is 7.12. The lowest BCUT2D eigenvalue weighted by Gasteiger charge is -2.25. The van der Waals surface area contributed by atoms with Gasteiger partial charge in [0.2, 0.25) is 21.8 Å². The Kier molecular flexibility index (Phi) is 9.77. The molecule has 0 radical (unpaired) electrons. The molecule has 5 N–H and O–H groups in total. The summed E-state index contributed by atoms with van der Waals surface area (Å²) >= 11 is 0. The van der Waals surface area contributed by atoms with Crippen molar-refractivity contribution < 1.29 is 27.9 Å². The van der Waals surface area contributed by atoms with Gasteiger partial charge in [-0.1, -0.05) is 30.3 Å². The third kappa shape index (κ3) is 7.70. The molecule has 1 heterocycles. The number of amides is 2. The van der Waals surface area contributed by atoms with E-state index in [0.717, 1.165) is 30.0 Å². The van der Waals surface area contributed by atoms with Gasteiger partial charge in [0, 0.05) is 24.6 Å². The fraction of sp³-hybridized carbons (Fsp3) is 0.448. The van der Waals surface area contributed by atoms with Crippen molar-refractivity contribution in [2.45, 2.75) is 74.9 Å². The quantitative estimate of drug-likeness (QED) is 0.246. The van der Waals surface area contributed by atoms with Crippen LogP contribution in [0.4, 0.5) is 5.69 Å². The molecule has 1 saturated carbocycles. The molecule has 1 aliphatic heterocycles. The number of rotatable bonds is 10. The summed E-state index contributed by atoms with van der Waals surface area (Å²) in [4.78, 5) is 42.3. The normalized spacial score (nSPS) is 22.6. The number of aliphatic carboxylic acids is 1. The molecule has 0 unspecified atom stereocenters. The molecule has 1 saturated heterocycles. The predicted molar refractivity (Wildman–Crippen MR) is 155 cm³/mol. The summed E-state index contributed by atoms with van der Waals surface area (Å²) in [5, 5.41) is 15.3. The standard InChI is InChI=1S/C29H37N5O6S/c1-19(30)31-22-15-11-21(12-16-22)27(35)32-23-13-9-20(10-14-23)18-25(29(37)38)33-28(36)26-8-5-17-34(26)41(39,40)24-6-3-2-4-7-24/h2-4,6-7,9-10,13-14,21-22,25-26H,5,8,11-12,15-18H2,1H3,(H2,30,31)(H,32,35)(H,33,36)(H,37,38)/t21?,22?,25-,26-/m0/s1. The number of aliphatic imine (C=N–C) groups is 1. The number of anilines is 1. The van der Waals surface area contributed by atoms with Crippen LogP contribution < -0.4 is 16.4 Å². The molecule has 12 heteroatoms. The number of nitrogens with one attached hydrogen (secondary N) is 2.